The van der Waals surface area contributed by atoms with Crippen LogP contribution >= 0.6 is 0 Å². The Balaban J connectivity index is 1.60. The third kappa shape index (κ3) is 4.24. The molecule has 5 heteroatoms. The number of anilines is 1. The summed E-state index contributed by atoms with van der Waals surface area (Å²) in [6.07, 6.45) is 7.29. The van der Waals surface area contributed by atoms with Gasteiger partial charge in [-0.1, -0.05) is 25.0 Å². The van der Waals surface area contributed by atoms with E-state index in [1.807, 2.05) is 4.90 Å². The second-order valence-corrected chi connectivity index (χ2v) is 9.47. The summed E-state index contributed by atoms with van der Waals surface area (Å²) in [5.74, 6) is 0.476. The van der Waals surface area contributed by atoms with Gasteiger partial charge in [0, 0.05) is 50.4 Å². The Morgan fingerprint density at radius 3 is 2.40 bits per heavy atom. The molecule has 166 valence electrons. The number of benzene rings is 1. The van der Waals surface area contributed by atoms with E-state index in [4.69, 9.17) is 0 Å². The lowest BCUT2D eigenvalue weighted by Crippen LogP contribution is -2.56. The molecule has 0 aromatic heterocycles. The summed E-state index contributed by atoms with van der Waals surface area (Å²) < 4.78 is 0. The second-order valence-electron chi connectivity index (χ2n) is 9.47. The third-order valence-electron chi connectivity index (χ3n) is 7.83. The third-order valence-corrected chi connectivity index (χ3v) is 7.83. The van der Waals surface area contributed by atoms with Crippen LogP contribution in [0.2, 0.25) is 0 Å². The fourth-order valence-corrected chi connectivity index (χ4v) is 6.07. The van der Waals surface area contributed by atoms with Crippen molar-refractivity contribution >= 4 is 11.6 Å². The van der Waals surface area contributed by atoms with Crippen molar-refractivity contribution in [2.75, 3.05) is 44.2 Å². The number of carbonyl (C=O) groups excluding carboxylic acids is 1. The van der Waals surface area contributed by atoms with E-state index in [1.54, 1.807) is 0 Å². The molecule has 1 N–H and O–H groups in total. The lowest BCUT2D eigenvalue weighted by atomic mass is 9.66. The Morgan fingerprint density at radius 1 is 1.03 bits per heavy atom. The van der Waals surface area contributed by atoms with Gasteiger partial charge in [0.05, 0.1) is 12.1 Å². The van der Waals surface area contributed by atoms with Gasteiger partial charge >= 0.3 is 0 Å². The zero-order chi connectivity index (χ0) is 21.1. The van der Waals surface area contributed by atoms with Crippen molar-refractivity contribution in [1.29, 1.82) is 0 Å². The molecule has 4 rings (SSSR count). The van der Waals surface area contributed by atoms with Gasteiger partial charge in [-0.2, -0.15) is 0 Å². The standard InChI is InChI=1S/C25H39N3O2/c1-3-26(4-2)21-12-10-20(11-13-21)24-22-9-5-6-14-25(22,30)15-18-28(24)19-23(29)27-16-7-8-17-27/h10-13,22,24,30H,3-9,14-19H2,1-2H3. The normalized spacial score (nSPS) is 29.6. The molecule has 3 atom stereocenters. The molecule has 1 aliphatic carbocycles. The minimum absolute atomic E-state index is 0.126. The molecule has 1 amide bonds. The van der Waals surface area contributed by atoms with E-state index in [-0.39, 0.29) is 17.9 Å². The van der Waals surface area contributed by atoms with E-state index < -0.39 is 5.60 Å². The molecule has 5 nitrogen and oxygen atoms in total. The van der Waals surface area contributed by atoms with Crippen molar-refractivity contribution in [2.24, 2.45) is 5.92 Å². The fourth-order valence-electron chi connectivity index (χ4n) is 6.07. The van der Waals surface area contributed by atoms with Crippen LogP contribution in [0.25, 0.3) is 0 Å². The highest BCUT2D eigenvalue weighted by molar-refractivity contribution is 5.78. The molecule has 3 unspecified atom stereocenters. The fraction of sp³-hybridized carbons (Fsp3) is 0.720. The van der Waals surface area contributed by atoms with E-state index >= 15 is 0 Å². The van der Waals surface area contributed by atoms with Crippen LogP contribution in [0.5, 0.6) is 0 Å². The average molecular weight is 414 g/mol. The number of carbonyl (C=O) groups is 1. The number of aliphatic hydroxyl groups is 1. The summed E-state index contributed by atoms with van der Waals surface area (Å²) in [6, 6.07) is 9.05. The largest absolute Gasteiger partial charge is 0.389 e. The van der Waals surface area contributed by atoms with Gasteiger partial charge in [-0.05, 0) is 63.6 Å². The first-order valence-electron chi connectivity index (χ1n) is 12.1. The van der Waals surface area contributed by atoms with Crippen LogP contribution in [0.1, 0.15) is 70.4 Å². The Bertz CT molecular complexity index is 712. The van der Waals surface area contributed by atoms with E-state index in [0.29, 0.717) is 6.54 Å². The van der Waals surface area contributed by atoms with Crippen molar-refractivity contribution in [3.05, 3.63) is 29.8 Å². The molecule has 2 aliphatic heterocycles. The highest BCUT2D eigenvalue weighted by Gasteiger charge is 2.49. The zero-order valence-corrected chi connectivity index (χ0v) is 18.9. The number of likely N-dealkylation sites (tertiary alicyclic amines) is 2. The lowest BCUT2D eigenvalue weighted by molar-refractivity contribution is -0.144. The Morgan fingerprint density at radius 2 is 1.73 bits per heavy atom. The van der Waals surface area contributed by atoms with Crippen LogP contribution in [0.4, 0.5) is 5.69 Å². The minimum Gasteiger partial charge on any atom is -0.389 e. The van der Waals surface area contributed by atoms with Crippen LogP contribution in [0, 0.1) is 5.92 Å². The molecular weight excluding hydrogens is 374 g/mol. The molecule has 0 spiro atoms. The van der Waals surface area contributed by atoms with E-state index in [9.17, 15) is 9.90 Å². The maximum absolute atomic E-state index is 13.0. The highest BCUT2D eigenvalue weighted by atomic mass is 16.3. The number of amides is 1. The number of hydrogen-bond donors (Lipinski definition) is 1. The molecule has 0 radical (unpaired) electrons. The van der Waals surface area contributed by atoms with Gasteiger partial charge in [0.1, 0.15) is 0 Å². The predicted octanol–water partition coefficient (Wildman–Crippen LogP) is 3.82. The Hall–Kier alpha value is -1.59. The Kier molecular flexibility index (Phi) is 6.69. The lowest BCUT2D eigenvalue weighted by Gasteiger charge is -2.52. The van der Waals surface area contributed by atoms with Gasteiger partial charge in [0.25, 0.3) is 0 Å². The topological polar surface area (TPSA) is 47.0 Å². The van der Waals surface area contributed by atoms with Gasteiger partial charge in [-0.25, -0.2) is 0 Å². The molecular formula is C25H39N3O2. The number of rotatable bonds is 6. The van der Waals surface area contributed by atoms with Crippen LogP contribution in [-0.4, -0.2) is 65.7 Å². The van der Waals surface area contributed by atoms with Crippen LogP contribution in [-0.2, 0) is 4.79 Å². The summed E-state index contributed by atoms with van der Waals surface area (Å²) in [6.45, 7) is 9.46. The maximum atomic E-state index is 13.0. The molecule has 3 fully saturated rings. The van der Waals surface area contributed by atoms with Gasteiger partial charge in [0.2, 0.25) is 5.91 Å². The van der Waals surface area contributed by atoms with Crippen molar-refractivity contribution < 1.29 is 9.90 Å². The molecule has 1 saturated carbocycles. The molecule has 0 bridgehead atoms. The quantitative estimate of drug-likeness (QED) is 0.770. The molecule has 30 heavy (non-hydrogen) atoms. The van der Waals surface area contributed by atoms with E-state index in [0.717, 1.165) is 71.2 Å². The SMILES string of the molecule is CCN(CC)c1ccc(C2C3CCCCC3(O)CCN2CC(=O)N2CCCC2)cc1. The van der Waals surface area contributed by atoms with Crippen LogP contribution < -0.4 is 4.90 Å². The summed E-state index contributed by atoms with van der Waals surface area (Å²) in [4.78, 5) is 19.7. The smallest absolute Gasteiger partial charge is 0.236 e. The summed E-state index contributed by atoms with van der Waals surface area (Å²) in [5.41, 5.74) is 1.93. The van der Waals surface area contributed by atoms with Gasteiger partial charge in [0.15, 0.2) is 0 Å². The monoisotopic (exact) mass is 413 g/mol. The summed E-state index contributed by atoms with van der Waals surface area (Å²) in [5, 5.41) is 11.5. The summed E-state index contributed by atoms with van der Waals surface area (Å²) in [7, 11) is 0. The molecule has 3 aliphatic rings. The minimum atomic E-state index is -0.576. The van der Waals surface area contributed by atoms with Crippen molar-refractivity contribution in [3.8, 4) is 0 Å². The number of hydrogen-bond acceptors (Lipinski definition) is 4. The zero-order valence-electron chi connectivity index (χ0n) is 18.9. The summed E-state index contributed by atoms with van der Waals surface area (Å²) >= 11 is 0. The number of nitrogens with zero attached hydrogens (tertiary/aromatic N) is 3. The first-order valence-corrected chi connectivity index (χ1v) is 12.1. The number of piperidine rings is 1. The Labute approximate surface area is 182 Å². The first kappa shape index (κ1) is 21.6. The van der Waals surface area contributed by atoms with E-state index in [1.165, 1.54) is 17.7 Å². The number of fused-ring (bicyclic) bond motifs is 1. The van der Waals surface area contributed by atoms with E-state index in [2.05, 4.69) is 47.9 Å². The molecule has 1 aromatic carbocycles. The highest BCUT2D eigenvalue weighted by Crippen LogP contribution is 2.49. The van der Waals surface area contributed by atoms with Crippen molar-refractivity contribution in [3.63, 3.8) is 0 Å². The van der Waals surface area contributed by atoms with Crippen LogP contribution in [0.3, 0.4) is 0 Å². The molecule has 1 aromatic rings. The second kappa shape index (κ2) is 9.27. The average Bonchev–Trinajstić information content (AvgIpc) is 3.30. The van der Waals surface area contributed by atoms with Crippen molar-refractivity contribution in [2.45, 2.75) is 70.4 Å². The van der Waals surface area contributed by atoms with Crippen LogP contribution in [0.15, 0.2) is 24.3 Å². The molecule has 2 heterocycles. The molecule has 2 saturated heterocycles. The van der Waals surface area contributed by atoms with Gasteiger partial charge in [-0.15, -0.1) is 0 Å². The van der Waals surface area contributed by atoms with Crippen molar-refractivity contribution in [1.82, 2.24) is 9.80 Å². The van der Waals surface area contributed by atoms with Gasteiger partial charge in [-0.3, -0.25) is 9.69 Å². The predicted molar refractivity (Wildman–Crippen MR) is 122 cm³/mol. The first-order chi connectivity index (χ1) is 14.6. The maximum Gasteiger partial charge on any atom is 0.236 e. The van der Waals surface area contributed by atoms with Gasteiger partial charge < -0.3 is 14.9 Å².